The van der Waals surface area contributed by atoms with Crippen LogP contribution >= 0.6 is 0 Å². The summed E-state index contributed by atoms with van der Waals surface area (Å²) in [5.41, 5.74) is 4.06. The normalized spacial score (nSPS) is 15.6. The summed E-state index contributed by atoms with van der Waals surface area (Å²) < 4.78 is 0. The Morgan fingerprint density at radius 3 is 2.93 bits per heavy atom. The predicted octanol–water partition coefficient (Wildman–Crippen LogP) is 2.98. The van der Waals surface area contributed by atoms with E-state index in [-0.39, 0.29) is 0 Å². The molecule has 1 aromatic rings. The monoisotopic (exact) mass is 204 g/mol. The van der Waals surface area contributed by atoms with Crippen LogP contribution in [0.25, 0.3) is 0 Å². The molecule has 0 aliphatic carbocycles. The van der Waals surface area contributed by atoms with Gasteiger partial charge in [-0.15, -0.1) is 0 Å². The highest BCUT2D eigenvalue weighted by Gasteiger charge is 2.16. The van der Waals surface area contributed by atoms with Crippen molar-refractivity contribution in [3.8, 4) is 0 Å². The van der Waals surface area contributed by atoms with E-state index in [2.05, 4.69) is 42.9 Å². The molecular formula is C13H20N2. The Balaban J connectivity index is 2.39. The van der Waals surface area contributed by atoms with E-state index in [1.165, 1.54) is 36.3 Å². The van der Waals surface area contributed by atoms with Crippen molar-refractivity contribution in [2.75, 3.05) is 18.0 Å². The Hall–Kier alpha value is -1.05. The highest BCUT2D eigenvalue weighted by molar-refractivity contribution is 5.55. The molecule has 0 fully saturated rings. The van der Waals surface area contributed by atoms with E-state index in [1.807, 2.05) is 0 Å². The zero-order valence-corrected chi connectivity index (χ0v) is 9.95. The van der Waals surface area contributed by atoms with Gasteiger partial charge in [-0.3, -0.25) is 4.98 Å². The van der Waals surface area contributed by atoms with Crippen LogP contribution in [0.15, 0.2) is 12.3 Å². The van der Waals surface area contributed by atoms with Gasteiger partial charge in [0, 0.05) is 30.7 Å². The Labute approximate surface area is 92.3 Å². The van der Waals surface area contributed by atoms with Crippen LogP contribution in [0.3, 0.4) is 0 Å². The number of aromatic nitrogens is 1. The van der Waals surface area contributed by atoms with Gasteiger partial charge in [0.15, 0.2) is 0 Å². The topological polar surface area (TPSA) is 16.1 Å². The van der Waals surface area contributed by atoms with Crippen LogP contribution in [0.5, 0.6) is 0 Å². The summed E-state index contributed by atoms with van der Waals surface area (Å²) >= 11 is 0. The molecule has 1 aliphatic heterocycles. The molecular weight excluding hydrogens is 184 g/mol. The third kappa shape index (κ3) is 1.99. The molecule has 0 unspecified atom stereocenters. The van der Waals surface area contributed by atoms with Crippen molar-refractivity contribution < 1.29 is 0 Å². The highest BCUT2D eigenvalue weighted by Crippen LogP contribution is 2.28. The van der Waals surface area contributed by atoms with Crippen molar-refractivity contribution in [1.82, 2.24) is 4.98 Å². The van der Waals surface area contributed by atoms with Crippen LogP contribution in [0.4, 0.5) is 5.69 Å². The van der Waals surface area contributed by atoms with Gasteiger partial charge in [0.25, 0.3) is 0 Å². The highest BCUT2D eigenvalue weighted by atomic mass is 15.1. The lowest BCUT2D eigenvalue weighted by Gasteiger charge is -2.30. The molecule has 82 valence electrons. The molecule has 2 rings (SSSR count). The Morgan fingerprint density at radius 2 is 2.27 bits per heavy atom. The summed E-state index contributed by atoms with van der Waals surface area (Å²) in [5.74, 6) is 0.524. The van der Waals surface area contributed by atoms with Gasteiger partial charge in [-0.05, 0) is 37.3 Å². The fourth-order valence-electron chi connectivity index (χ4n) is 2.20. The van der Waals surface area contributed by atoms with E-state index in [0.717, 1.165) is 6.54 Å². The Kier molecular flexibility index (Phi) is 2.94. The van der Waals surface area contributed by atoms with Gasteiger partial charge in [-0.25, -0.2) is 0 Å². The average Bonchev–Trinajstić information content (AvgIpc) is 2.27. The summed E-state index contributed by atoms with van der Waals surface area (Å²) in [5, 5.41) is 0. The van der Waals surface area contributed by atoms with Crippen LogP contribution in [0.2, 0.25) is 0 Å². The summed E-state index contributed by atoms with van der Waals surface area (Å²) in [6.45, 7) is 8.94. The number of hydrogen-bond donors (Lipinski definition) is 0. The van der Waals surface area contributed by atoms with Gasteiger partial charge in [0.1, 0.15) is 0 Å². The minimum atomic E-state index is 0.524. The molecule has 0 atom stereocenters. The van der Waals surface area contributed by atoms with Crippen LogP contribution < -0.4 is 4.90 Å². The lowest BCUT2D eigenvalue weighted by molar-refractivity contribution is 0.698. The van der Waals surface area contributed by atoms with Crippen LogP contribution in [0.1, 0.15) is 44.4 Å². The van der Waals surface area contributed by atoms with E-state index >= 15 is 0 Å². The minimum absolute atomic E-state index is 0.524. The maximum absolute atomic E-state index is 4.53. The van der Waals surface area contributed by atoms with Crippen molar-refractivity contribution in [3.05, 3.63) is 23.5 Å². The van der Waals surface area contributed by atoms with Gasteiger partial charge in [-0.1, -0.05) is 13.8 Å². The van der Waals surface area contributed by atoms with Crippen molar-refractivity contribution in [2.45, 2.75) is 39.5 Å². The largest absolute Gasteiger partial charge is 0.371 e. The number of aryl methyl sites for hydroxylation is 1. The smallest absolute Gasteiger partial charge is 0.0449 e. The second-order valence-electron chi connectivity index (χ2n) is 4.58. The summed E-state index contributed by atoms with van der Waals surface area (Å²) in [4.78, 5) is 7.00. The van der Waals surface area contributed by atoms with E-state index in [1.54, 1.807) is 0 Å². The van der Waals surface area contributed by atoms with Gasteiger partial charge in [0.05, 0.1) is 0 Å². The second-order valence-corrected chi connectivity index (χ2v) is 4.58. The molecule has 2 heterocycles. The first-order valence-corrected chi connectivity index (χ1v) is 5.96. The lowest BCUT2D eigenvalue weighted by Crippen LogP contribution is -2.29. The number of pyridine rings is 1. The quantitative estimate of drug-likeness (QED) is 0.736. The molecule has 0 saturated heterocycles. The molecule has 2 heteroatoms. The number of hydrogen-bond acceptors (Lipinski definition) is 2. The van der Waals surface area contributed by atoms with Gasteiger partial charge >= 0.3 is 0 Å². The summed E-state index contributed by atoms with van der Waals surface area (Å²) in [6, 6.07) is 2.28. The van der Waals surface area contributed by atoms with E-state index in [4.69, 9.17) is 0 Å². The Bertz CT molecular complexity index is 344. The lowest BCUT2D eigenvalue weighted by atomic mass is 10.0. The van der Waals surface area contributed by atoms with Crippen LogP contribution in [-0.4, -0.2) is 18.1 Å². The molecule has 0 amide bonds. The maximum atomic E-state index is 4.53. The van der Waals surface area contributed by atoms with Crippen molar-refractivity contribution in [2.24, 2.45) is 0 Å². The predicted molar refractivity (Wildman–Crippen MR) is 64.5 cm³/mol. The van der Waals surface area contributed by atoms with E-state index < -0.39 is 0 Å². The molecule has 0 bridgehead atoms. The molecule has 2 nitrogen and oxygen atoms in total. The molecule has 1 aliphatic rings. The van der Waals surface area contributed by atoms with Crippen molar-refractivity contribution in [1.29, 1.82) is 0 Å². The number of anilines is 1. The van der Waals surface area contributed by atoms with Gasteiger partial charge in [0.2, 0.25) is 0 Å². The molecule has 15 heavy (non-hydrogen) atoms. The number of fused-ring (bicyclic) bond motifs is 1. The second kappa shape index (κ2) is 4.21. The number of nitrogens with zero attached hydrogens (tertiary/aromatic N) is 2. The molecule has 0 saturated carbocycles. The molecule has 0 radical (unpaired) electrons. The molecule has 0 aromatic carbocycles. The van der Waals surface area contributed by atoms with E-state index in [9.17, 15) is 0 Å². The first kappa shape index (κ1) is 10.5. The third-order valence-corrected chi connectivity index (χ3v) is 3.17. The minimum Gasteiger partial charge on any atom is -0.371 e. The Morgan fingerprint density at radius 1 is 1.47 bits per heavy atom. The summed E-state index contributed by atoms with van der Waals surface area (Å²) in [7, 11) is 0. The fraction of sp³-hybridized carbons (Fsp3) is 0.615. The SMILES string of the molecule is CCN1CCCc2cnc(C(C)C)cc21. The van der Waals surface area contributed by atoms with Crippen molar-refractivity contribution in [3.63, 3.8) is 0 Å². The zero-order valence-electron chi connectivity index (χ0n) is 9.95. The van der Waals surface area contributed by atoms with Crippen molar-refractivity contribution >= 4 is 5.69 Å². The first-order chi connectivity index (χ1) is 7.22. The average molecular weight is 204 g/mol. The fourth-order valence-corrected chi connectivity index (χ4v) is 2.20. The first-order valence-electron chi connectivity index (χ1n) is 5.96. The van der Waals surface area contributed by atoms with Gasteiger partial charge in [-0.2, -0.15) is 0 Å². The molecule has 0 N–H and O–H groups in total. The summed E-state index contributed by atoms with van der Waals surface area (Å²) in [6.07, 6.45) is 4.53. The maximum Gasteiger partial charge on any atom is 0.0449 e. The molecule has 0 spiro atoms. The van der Waals surface area contributed by atoms with Crippen LogP contribution in [0, 0.1) is 0 Å². The number of rotatable bonds is 2. The van der Waals surface area contributed by atoms with Gasteiger partial charge < -0.3 is 4.90 Å². The third-order valence-electron chi connectivity index (χ3n) is 3.17. The zero-order chi connectivity index (χ0) is 10.8. The standard InChI is InChI=1S/C13H20N2/c1-4-15-7-5-6-11-9-14-12(10(2)3)8-13(11)15/h8-10H,4-7H2,1-3H3. The van der Waals surface area contributed by atoms with E-state index in [0.29, 0.717) is 5.92 Å². The molecule has 1 aromatic heterocycles. The van der Waals surface area contributed by atoms with Crippen LogP contribution in [-0.2, 0) is 6.42 Å².